The van der Waals surface area contributed by atoms with E-state index < -0.39 is 17.9 Å². The molecule has 0 aromatic carbocycles. The van der Waals surface area contributed by atoms with E-state index in [2.05, 4.69) is 15.0 Å². The molecule has 0 N–H and O–H groups in total. The van der Waals surface area contributed by atoms with Gasteiger partial charge in [0.1, 0.15) is 0 Å². The Morgan fingerprint density at radius 2 is 0.774 bits per heavy atom. The standard InChI is InChI=1S/3C7H7NO2.Fe/c3*1-5-3-2-4-6(8-5)7(9)10;/h3*2-4H,1H3,(H,9,10);/q;;;+3/p-3. The number of carboxylic acids is 3. The van der Waals surface area contributed by atoms with Crippen LogP contribution in [0.3, 0.4) is 0 Å². The molecule has 9 nitrogen and oxygen atoms in total. The maximum Gasteiger partial charge on any atom is 3.00 e. The number of hydrogen-bond acceptors (Lipinski definition) is 9. The molecule has 0 aliphatic rings. The molecule has 0 spiro atoms. The van der Waals surface area contributed by atoms with Crippen LogP contribution in [-0.2, 0) is 17.1 Å². The molecular formula is C21H18FeN3O6. The molecule has 0 amide bonds. The Kier molecular flexibility index (Phi) is 12.0. The van der Waals surface area contributed by atoms with E-state index in [4.69, 9.17) is 0 Å². The van der Waals surface area contributed by atoms with Crippen molar-refractivity contribution in [1.82, 2.24) is 15.0 Å². The van der Waals surface area contributed by atoms with Gasteiger partial charge in [0.2, 0.25) is 0 Å². The molecule has 0 saturated heterocycles. The summed E-state index contributed by atoms with van der Waals surface area (Å²) in [5.41, 5.74) is 2.00. The van der Waals surface area contributed by atoms with E-state index in [1.54, 1.807) is 57.2 Å². The van der Waals surface area contributed by atoms with E-state index in [0.717, 1.165) is 0 Å². The number of hydrogen-bond donors (Lipinski definition) is 0. The number of aromatic nitrogens is 3. The third kappa shape index (κ3) is 10.6. The van der Waals surface area contributed by atoms with Crippen LogP contribution in [0, 0.1) is 20.8 Å². The second-order valence-electron chi connectivity index (χ2n) is 5.85. The van der Waals surface area contributed by atoms with Gasteiger partial charge in [-0.05, 0) is 57.2 Å². The SMILES string of the molecule is Cc1cccc(C(=O)[O-])n1.Cc1cccc(C(=O)[O-])n1.Cc1cccc(C(=O)[O-])n1.[Fe+3]. The molecule has 0 unspecified atom stereocenters. The summed E-state index contributed by atoms with van der Waals surface area (Å²) in [5.74, 6) is -3.70. The van der Waals surface area contributed by atoms with Crippen molar-refractivity contribution in [1.29, 1.82) is 0 Å². The number of carbonyl (C=O) groups is 3. The predicted octanol–water partition coefficient (Wildman–Crippen LogP) is -0.742. The Balaban J connectivity index is 0.000000429. The van der Waals surface area contributed by atoms with Crippen molar-refractivity contribution in [2.75, 3.05) is 0 Å². The second kappa shape index (κ2) is 13.6. The smallest absolute Gasteiger partial charge is 0.543 e. The minimum absolute atomic E-state index is 0. The molecule has 0 fully saturated rings. The summed E-state index contributed by atoms with van der Waals surface area (Å²) in [5, 5.41) is 30.5. The summed E-state index contributed by atoms with van der Waals surface area (Å²) in [6.07, 6.45) is 0. The first-order valence-corrected chi connectivity index (χ1v) is 8.55. The molecular weight excluding hydrogens is 446 g/mol. The molecule has 3 aromatic heterocycles. The summed E-state index contributed by atoms with van der Waals surface area (Å²) in [7, 11) is 0. The van der Waals surface area contributed by atoms with Crippen LogP contribution in [0.2, 0.25) is 0 Å². The monoisotopic (exact) mass is 464 g/mol. The van der Waals surface area contributed by atoms with E-state index in [1.165, 1.54) is 18.2 Å². The Morgan fingerprint density at radius 3 is 0.903 bits per heavy atom. The molecule has 31 heavy (non-hydrogen) atoms. The molecule has 0 aliphatic heterocycles. The Morgan fingerprint density at radius 1 is 0.548 bits per heavy atom. The van der Waals surface area contributed by atoms with Crippen LogP contribution in [0.15, 0.2) is 54.6 Å². The van der Waals surface area contributed by atoms with Crippen molar-refractivity contribution in [2.24, 2.45) is 0 Å². The molecule has 0 bridgehead atoms. The minimum Gasteiger partial charge on any atom is -0.543 e. The fraction of sp³-hybridized carbons (Fsp3) is 0.143. The van der Waals surface area contributed by atoms with Gasteiger partial charge in [-0.3, -0.25) is 15.0 Å². The maximum atomic E-state index is 10.2. The number of aryl methyl sites for hydroxylation is 3. The third-order valence-electron chi connectivity index (χ3n) is 3.29. The van der Waals surface area contributed by atoms with Crippen LogP contribution < -0.4 is 15.3 Å². The Bertz CT molecular complexity index is 911. The van der Waals surface area contributed by atoms with Gasteiger partial charge < -0.3 is 29.7 Å². The van der Waals surface area contributed by atoms with Crippen LogP contribution in [0.4, 0.5) is 0 Å². The van der Waals surface area contributed by atoms with Crippen LogP contribution in [0.25, 0.3) is 0 Å². The predicted molar refractivity (Wildman–Crippen MR) is 99.9 cm³/mol. The first-order chi connectivity index (χ1) is 14.1. The fourth-order valence-corrected chi connectivity index (χ4v) is 1.97. The van der Waals surface area contributed by atoms with Crippen molar-refractivity contribution in [3.8, 4) is 0 Å². The van der Waals surface area contributed by atoms with Gasteiger partial charge >= 0.3 is 17.1 Å². The largest absolute Gasteiger partial charge is 3.00 e. The molecule has 1 radical (unpaired) electrons. The van der Waals surface area contributed by atoms with Gasteiger partial charge in [-0.1, -0.05) is 18.2 Å². The first-order valence-electron chi connectivity index (χ1n) is 8.55. The van der Waals surface area contributed by atoms with Gasteiger partial charge in [-0.2, -0.15) is 0 Å². The zero-order valence-corrected chi connectivity index (χ0v) is 17.9. The van der Waals surface area contributed by atoms with Gasteiger partial charge in [-0.15, -0.1) is 0 Å². The summed E-state index contributed by atoms with van der Waals surface area (Å²) >= 11 is 0. The molecule has 0 atom stereocenters. The molecule has 0 saturated carbocycles. The van der Waals surface area contributed by atoms with Crippen molar-refractivity contribution in [3.63, 3.8) is 0 Å². The summed E-state index contributed by atoms with van der Waals surface area (Å²) in [6, 6.07) is 14.3. The minimum atomic E-state index is -1.23. The fourth-order valence-electron chi connectivity index (χ4n) is 1.97. The van der Waals surface area contributed by atoms with E-state index in [-0.39, 0.29) is 34.2 Å². The van der Waals surface area contributed by atoms with Gasteiger partial charge in [0.15, 0.2) is 0 Å². The average Bonchev–Trinajstić information content (AvgIpc) is 2.69. The molecule has 3 aromatic rings. The Labute approximate surface area is 189 Å². The number of aromatic carboxylic acids is 3. The van der Waals surface area contributed by atoms with Gasteiger partial charge in [-0.25, -0.2) is 0 Å². The van der Waals surface area contributed by atoms with Crippen LogP contribution in [-0.4, -0.2) is 32.9 Å². The quantitative estimate of drug-likeness (QED) is 0.455. The van der Waals surface area contributed by atoms with Gasteiger partial charge in [0.25, 0.3) is 0 Å². The number of pyridine rings is 3. The maximum absolute atomic E-state index is 10.2. The zero-order valence-electron chi connectivity index (χ0n) is 16.8. The number of carboxylic acid groups (broad SMARTS) is 3. The van der Waals surface area contributed by atoms with Gasteiger partial charge in [0.05, 0.1) is 35.0 Å². The van der Waals surface area contributed by atoms with Crippen LogP contribution in [0.1, 0.15) is 48.5 Å². The second-order valence-corrected chi connectivity index (χ2v) is 5.85. The van der Waals surface area contributed by atoms with Crippen molar-refractivity contribution in [2.45, 2.75) is 20.8 Å². The summed E-state index contributed by atoms with van der Waals surface area (Å²) in [6.45, 7) is 5.19. The molecule has 0 aliphatic carbocycles. The molecule has 3 rings (SSSR count). The van der Waals surface area contributed by atoms with E-state index >= 15 is 0 Å². The normalized spacial score (nSPS) is 9.00. The molecule has 3 heterocycles. The average molecular weight is 464 g/mol. The Hall–Kier alpha value is -3.62. The van der Waals surface area contributed by atoms with Crippen LogP contribution in [0.5, 0.6) is 0 Å². The van der Waals surface area contributed by atoms with Crippen LogP contribution >= 0.6 is 0 Å². The summed E-state index contributed by atoms with van der Waals surface area (Å²) < 4.78 is 0. The van der Waals surface area contributed by atoms with Crippen molar-refractivity contribution < 1.29 is 46.8 Å². The number of nitrogens with zero attached hydrogens (tertiary/aromatic N) is 3. The third-order valence-corrected chi connectivity index (χ3v) is 3.29. The molecule has 161 valence electrons. The molecule has 10 heteroatoms. The van der Waals surface area contributed by atoms with E-state index in [0.29, 0.717) is 17.1 Å². The topological polar surface area (TPSA) is 159 Å². The van der Waals surface area contributed by atoms with Gasteiger partial charge in [0, 0.05) is 17.1 Å². The van der Waals surface area contributed by atoms with E-state index in [9.17, 15) is 29.7 Å². The zero-order chi connectivity index (χ0) is 22.7. The first kappa shape index (κ1) is 27.4. The number of carbonyl (C=O) groups excluding carboxylic acids is 3. The van der Waals surface area contributed by atoms with Crippen molar-refractivity contribution >= 4 is 17.9 Å². The number of rotatable bonds is 3. The summed E-state index contributed by atoms with van der Waals surface area (Å²) in [4.78, 5) is 41.7. The van der Waals surface area contributed by atoms with Crippen molar-refractivity contribution in [3.05, 3.63) is 88.8 Å². The van der Waals surface area contributed by atoms with E-state index in [1.807, 2.05) is 0 Å².